The van der Waals surface area contributed by atoms with Crippen LogP contribution in [0.4, 0.5) is 14.4 Å². The van der Waals surface area contributed by atoms with Crippen molar-refractivity contribution in [2.24, 2.45) is 17.8 Å². The standard InChI is InChI=1S/C36H43N7O7.C32H43N7O7.C31H41N7O7.H2S/c1-35(2,3)50-34(48)37-28-15-11-6-4-5-8-12-24-21-36(24,33(46)47)38-31(44)29-20-25(22-42(29)32(28)45)43-40-30(39-41-43)23-16-18-27(19-17-23)49-26-13-9-7-10-14-26;1-5-45-23-15-13-20(14-16-23)26-35-37-39(36-26)22-17-25-27(40)34-32(29(42)43)18-21(32)11-9-7-6-8-10-12-24(28(41)38(25)19-22)33-30(44)46-31(2,3)4;1-30(2,3)45-29(43)32-23-14-9-7-5-6-8-12-20-17-31(20,28(41)42)33-26(39)24-16-21(18-37(24)27(23)40)38-35-25(34-36-38)19-11-10-13-22(15-19)44-4;/h7-10,12-14,16-19,24-25,28-29H,4-6,11,15,20-22H2,1-3H3,(H,37,48)(H,38,44)(H,46,47);9,11,13-16,21-22,24-25H,5-8,10,12,17-19H2,1-4H3,(H,33,44)(H,34,40)(H,42,43);8,10-13,15,20-21,23-24H,5-7,9,14,16-18H2,1-4H3,(H,32,43)(H,33,39)(H,41,42);1H2/b12-8-;11-9-;12-8-;/t24-,25+,28-,29+,36+;21-,22+,24-,25+,32+;20-,21?,23-,24+,31+;/m111./s1. The Morgan fingerprint density at radius 3 is 1.06 bits per heavy atom. The second-order valence-corrected chi connectivity index (χ2v) is 40.1. The second kappa shape index (κ2) is 45.4. The number of aromatic nitrogens is 12. The van der Waals surface area contributed by atoms with Crippen LogP contribution in [0, 0.1) is 17.8 Å². The Labute approximate surface area is 829 Å². The Balaban J connectivity index is 0.000000179. The summed E-state index contributed by atoms with van der Waals surface area (Å²) in [5, 5.41) is 85.9. The van der Waals surface area contributed by atoms with E-state index < -0.39 is 159 Å². The second-order valence-electron chi connectivity index (χ2n) is 40.1. The maximum Gasteiger partial charge on any atom is 0.408 e. The zero-order valence-corrected chi connectivity index (χ0v) is 82.8. The highest BCUT2D eigenvalue weighted by Crippen LogP contribution is 2.49. The first-order valence-corrected chi connectivity index (χ1v) is 48.4. The van der Waals surface area contributed by atoms with E-state index in [2.05, 4.69) is 78.1 Å². The number of allylic oxidation sites excluding steroid dienone is 3. The van der Waals surface area contributed by atoms with Crippen molar-refractivity contribution in [3.63, 3.8) is 0 Å². The third-order valence-corrected chi connectivity index (χ3v) is 26.1. The number of carbonyl (C=O) groups excluding carboxylic acids is 9. The summed E-state index contributed by atoms with van der Waals surface area (Å²) < 4.78 is 33.0. The van der Waals surface area contributed by atoms with Crippen LogP contribution in [0.1, 0.15) is 222 Å². The summed E-state index contributed by atoms with van der Waals surface area (Å²) >= 11 is 0. The van der Waals surface area contributed by atoms with Gasteiger partial charge in [0.15, 0.2) is 0 Å². The molecule has 3 aromatic heterocycles. The summed E-state index contributed by atoms with van der Waals surface area (Å²) in [4.78, 5) is 168. The molecular weight excluding hydrogens is 1850 g/mol. The summed E-state index contributed by atoms with van der Waals surface area (Å²) in [5.41, 5.74) is -4.54. The normalized spacial score (nSPS) is 27.1. The number of hydrogen-bond acceptors (Lipinski definition) is 27. The first kappa shape index (κ1) is 105. The minimum absolute atomic E-state index is 0. The highest BCUT2D eigenvalue weighted by Gasteiger charge is 2.64. The molecule has 762 valence electrons. The lowest BCUT2D eigenvalue weighted by atomic mass is 10.0. The van der Waals surface area contributed by atoms with Crippen LogP contribution in [-0.4, -0.2) is 265 Å². The molecule has 3 saturated carbocycles. The van der Waals surface area contributed by atoms with Crippen molar-refractivity contribution in [1.29, 1.82) is 0 Å². The SMILES string of the molecule is CC(C)(C)OC(=O)N[C@@H]1CCCCC/C=C\[C@@H]2C[C@]2(C(=O)O)NC(=O)[C@@H]2C[C@H](n3nnc(-c4ccc(Oc5ccccc5)cc4)n3)CN2C1=O.CCOc1ccc(-c2nnn([C@H]3C[C@H]4C(=O)N[C@@]5(C(=O)O)C[C@H]5/C=C\CCCCC[C@@H](NC(=O)OC(C)(C)C)C(=O)N4C3)n2)cc1.COc1cccc(-c2nnn(C3C[C@H]4C(=O)N[C@@]5(C(=O)O)C[C@H]5/C=C\CCCCC[C@@H](NC(=O)OC(C)(C)C)C(=O)N4C3)n2)c1.S. The van der Waals surface area contributed by atoms with Crippen molar-refractivity contribution in [3.05, 3.63) is 140 Å². The number of carbonyl (C=O) groups is 12. The summed E-state index contributed by atoms with van der Waals surface area (Å²) in [6, 6.07) is 23.5. The van der Waals surface area contributed by atoms with Crippen molar-refractivity contribution in [3.8, 4) is 57.2 Å². The number of aliphatic carboxylic acids is 3. The van der Waals surface area contributed by atoms with Crippen molar-refractivity contribution < 1.29 is 101 Å². The highest BCUT2D eigenvalue weighted by molar-refractivity contribution is 7.59. The van der Waals surface area contributed by atoms with E-state index >= 15 is 0 Å². The van der Waals surface area contributed by atoms with Crippen LogP contribution >= 0.6 is 13.5 Å². The summed E-state index contributed by atoms with van der Waals surface area (Å²) in [5.74, 6) is -3.75. The fraction of sp³-hybridized carbons (Fsp3) is 0.545. The van der Waals surface area contributed by atoms with Crippen LogP contribution in [0.3, 0.4) is 0 Å². The van der Waals surface area contributed by atoms with E-state index in [0.29, 0.717) is 102 Å². The highest BCUT2D eigenvalue weighted by atomic mass is 32.1. The van der Waals surface area contributed by atoms with Gasteiger partial charge >= 0.3 is 36.2 Å². The topological polar surface area (TPSA) is 534 Å². The van der Waals surface area contributed by atoms with Crippen molar-refractivity contribution >= 4 is 85.1 Å². The van der Waals surface area contributed by atoms with Gasteiger partial charge in [-0.3, -0.25) is 28.8 Å². The number of para-hydroxylation sites is 1. The number of carboxylic acid groups (broad SMARTS) is 3. The number of alkyl carbamates (subject to hydrolysis) is 3. The number of hydrogen-bond donors (Lipinski definition) is 9. The molecule has 43 heteroatoms. The minimum Gasteiger partial charge on any atom is -0.497 e. The van der Waals surface area contributed by atoms with Gasteiger partial charge in [-0.25, -0.2) is 28.8 Å². The molecule has 7 aromatic rings. The molecule has 9 amide bonds. The van der Waals surface area contributed by atoms with Crippen LogP contribution in [-0.2, 0) is 57.4 Å². The molecule has 3 aliphatic carbocycles. The molecule has 3 saturated heterocycles. The van der Waals surface area contributed by atoms with Gasteiger partial charge in [-0.05, 0) is 235 Å². The lowest BCUT2D eigenvalue weighted by Crippen LogP contribution is -2.56. The smallest absolute Gasteiger partial charge is 0.408 e. The van der Waals surface area contributed by atoms with Crippen molar-refractivity contribution in [1.82, 2.24) is 107 Å². The molecule has 6 aliphatic heterocycles. The molecule has 0 radical (unpaired) electrons. The molecule has 1 unspecified atom stereocenters. The molecule has 6 fully saturated rings. The number of nitrogens with zero attached hydrogens (tertiary/aromatic N) is 15. The van der Waals surface area contributed by atoms with Gasteiger partial charge in [-0.2, -0.15) is 27.9 Å². The third kappa shape index (κ3) is 26.5. The zero-order valence-electron chi connectivity index (χ0n) is 81.8. The fourth-order valence-electron chi connectivity index (χ4n) is 18.5. The van der Waals surface area contributed by atoms with Crippen LogP contribution in [0.2, 0.25) is 0 Å². The van der Waals surface area contributed by atoms with Gasteiger partial charge < -0.3 is 90.3 Å². The summed E-state index contributed by atoms with van der Waals surface area (Å²) in [7, 11) is 1.56. The van der Waals surface area contributed by atoms with E-state index in [-0.39, 0.29) is 89.4 Å². The van der Waals surface area contributed by atoms with E-state index in [1.165, 1.54) is 29.1 Å². The number of rotatable bonds is 17. The van der Waals surface area contributed by atoms with Crippen LogP contribution in [0.25, 0.3) is 34.2 Å². The maximum atomic E-state index is 14.3. The predicted molar refractivity (Wildman–Crippen MR) is 518 cm³/mol. The molecule has 16 rings (SSSR count). The molecule has 9 aliphatic rings. The monoisotopic (exact) mass is 1980 g/mol. The average Bonchev–Trinajstić information content (AvgIpc) is 1.59. The van der Waals surface area contributed by atoms with Gasteiger partial charge in [-0.1, -0.05) is 105 Å². The molecule has 0 bridgehead atoms. The predicted octanol–water partition coefficient (Wildman–Crippen LogP) is 10.9. The molecule has 15 atom stereocenters. The van der Waals surface area contributed by atoms with E-state index in [1.54, 1.807) is 99.8 Å². The lowest BCUT2D eigenvalue weighted by Gasteiger charge is -2.30. The maximum absolute atomic E-state index is 14.3. The Morgan fingerprint density at radius 2 is 0.739 bits per heavy atom. The third-order valence-electron chi connectivity index (χ3n) is 26.1. The van der Waals surface area contributed by atoms with Gasteiger partial charge in [0.05, 0.1) is 31.8 Å². The molecule has 0 spiro atoms. The number of nitrogens with one attached hydrogen (secondary N) is 6. The van der Waals surface area contributed by atoms with Gasteiger partial charge in [0.2, 0.25) is 52.9 Å². The molecule has 42 nitrogen and oxygen atoms in total. The number of fused-ring (bicyclic) bond motifs is 6. The first-order valence-electron chi connectivity index (χ1n) is 48.4. The van der Waals surface area contributed by atoms with Crippen molar-refractivity contribution in [2.45, 2.75) is 292 Å². The zero-order chi connectivity index (χ0) is 101. The molecule has 4 aromatic carbocycles. The average molecular weight is 1980 g/mol. The van der Waals surface area contributed by atoms with E-state index in [4.69, 9.17) is 28.4 Å². The Kier molecular flexibility index (Phi) is 33.7. The van der Waals surface area contributed by atoms with Crippen LogP contribution in [0.15, 0.2) is 140 Å². The fourth-order valence-corrected chi connectivity index (χ4v) is 18.5. The number of amides is 9. The number of carboxylic acids is 3. The van der Waals surface area contributed by atoms with Crippen LogP contribution < -0.4 is 46.1 Å². The first-order chi connectivity index (χ1) is 67.2. The number of benzene rings is 4. The number of methoxy groups -OCH3 is 1. The van der Waals surface area contributed by atoms with E-state index in [0.717, 1.165) is 57.8 Å². The van der Waals surface area contributed by atoms with E-state index in [1.807, 2.05) is 116 Å². The van der Waals surface area contributed by atoms with Gasteiger partial charge in [0, 0.05) is 73.3 Å². The van der Waals surface area contributed by atoms with Gasteiger partial charge in [-0.15, -0.1) is 30.6 Å². The van der Waals surface area contributed by atoms with Gasteiger partial charge in [0.25, 0.3) is 0 Å². The van der Waals surface area contributed by atoms with Crippen molar-refractivity contribution in [2.75, 3.05) is 33.4 Å². The lowest BCUT2D eigenvalue weighted by molar-refractivity contribution is -0.146. The minimum atomic E-state index is -1.44. The molecule has 142 heavy (non-hydrogen) atoms. The Morgan fingerprint density at radius 1 is 0.415 bits per heavy atom. The summed E-state index contributed by atoms with van der Waals surface area (Å²) in [6.45, 7) is 18.2. The largest absolute Gasteiger partial charge is 0.497 e. The molecule has 9 heterocycles. The Hall–Kier alpha value is -13.9. The quantitative estimate of drug-likeness (QED) is 0.0302. The van der Waals surface area contributed by atoms with Crippen LogP contribution in [0.5, 0.6) is 23.0 Å². The molecule has 9 N–H and O–H groups in total. The number of tetrazole rings is 3. The summed E-state index contributed by atoms with van der Waals surface area (Å²) in [6.07, 6.45) is 20.6. The number of ether oxygens (including phenoxy) is 6. The van der Waals surface area contributed by atoms with E-state index in [9.17, 15) is 72.9 Å². The van der Waals surface area contributed by atoms with Gasteiger partial charge in [0.1, 0.15) is 92.7 Å². The molecular formula is C99H129N21O21S. The Bertz CT molecular complexity index is 5780.